The summed E-state index contributed by atoms with van der Waals surface area (Å²) in [7, 11) is 2.10. The fraction of sp³-hybridized carbons (Fsp3) is 0.667. The molecule has 1 saturated carbocycles. The molecule has 4 unspecified atom stereocenters. The van der Waals surface area contributed by atoms with E-state index in [4.69, 9.17) is 0 Å². The molecule has 0 spiro atoms. The largest absolute Gasteiger partial charge is 0.312 e. The van der Waals surface area contributed by atoms with E-state index in [-0.39, 0.29) is 0 Å². The van der Waals surface area contributed by atoms with Crippen molar-refractivity contribution in [2.45, 2.75) is 62.5 Å². The summed E-state index contributed by atoms with van der Waals surface area (Å²) in [4.78, 5) is 0. The molecule has 0 aromatic heterocycles. The van der Waals surface area contributed by atoms with E-state index in [1.165, 1.54) is 37.7 Å². The fourth-order valence-corrected chi connectivity index (χ4v) is 5.27. The minimum absolute atomic E-state index is 0.475. The number of rotatable bonds is 6. The zero-order chi connectivity index (χ0) is 14.4. The summed E-state index contributed by atoms with van der Waals surface area (Å²) in [6.07, 6.45) is 6.91. The lowest BCUT2D eigenvalue weighted by molar-refractivity contribution is 0.392. The smallest absolute Gasteiger partial charge is 0.0438 e. The Morgan fingerprint density at radius 2 is 2.00 bits per heavy atom. The van der Waals surface area contributed by atoms with Crippen molar-refractivity contribution in [2.24, 2.45) is 5.92 Å². The molecule has 112 valence electrons. The number of thioether (sulfide) groups is 1. The summed E-state index contributed by atoms with van der Waals surface area (Å²) in [5.74, 6) is 0.920. The van der Waals surface area contributed by atoms with Gasteiger partial charge in [0.25, 0.3) is 0 Å². The van der Waals surface area contributed by atoms with E-state index in [0.29, 0.717) is 11.3 Å². The highest BCUT2D eigenvalue weighted by Gasteiger charge is 2.27. The van der Waals surface area contributed by atoms with Crippen LogP contribution in [0.4, 0.5) is 0 Å². The SMILES string of the molecule is CCC(SC1CCCC(C)C1)C(NC)c1ccccc1. The van der Waals surface area contributed by atoms with Crippen LogP contribution in [0.25, 0.3) is 0 Å². The predicted octanol–water partition coefficient (Wildman–Crippen LogP) is 5.04. The van der Waals surface area contributed by atoms with Crippen molar-refractivity contribution < 1.29 is 0 Å². The topological polar surface area (TPSA) is 12.0 Å². The highest BCUT2D eigenvalue weighted by atomic mass is 32.2. The normalized spacial score (nSPS) is 26.1. The van der Waals surface area contributed by atoms with Gasteiger partial charge in [-0.3, -0.25) is 0 Å². The van der Waals surface area contributed by atoms with Gasteiger partial charge in [0.1, 0.15) is 0 Å². The third-order valence-electron chi connectivity index (χ3n) is 4.50. The second kappa shape index (κ2) is 8.09. The first-order chi connectivity index (χ1) is 9.74. The van der Waals surface area contributed by atoms with Crippen LogP contribution in [0.5, 0.6) is 0 Å². The average molecular weight is 292 g/mol. The Hall–Kier alpha value is -0.470. The van der Waals surface area contributed by atoms with Crippen LogP contribution in [0.1, 0.15) is 57.6 Å². The van der Waals surface area contributed by atoms with Gasteiger partial charge >= 0.3 is 0 Å². The third-order valence-corrected chi connectivity index (χ3v) is 6.27. The lowest BCUT2D eigenvalue weighted by atomic mass is 9.90. The maximum atomic E-state index is 3.55. The first kappa shape index (κ1) is 15.9. The molecule has 1 fully saturated rings. The molecule has 0 saturated heterocycles. The second-order valence-corrected chi connectivity index (χ2v) is 7.70. The van der Waals surface area contributed by atoms with Crippen LogP contribution in [-0.2, 0) is 0 Å². The molecule has 0 heterocycles. The van der Waals surface area contributed by atoms with Crippen LogP contribution in [-0.4, -0.2) is 17.5 Å². The van der Waals surface area contributed by atoms with E-state index < -0.39 is 0 Å². The molecule has 1 aliphatic rings. The summed E-state index contributed by atoms with van der Waals surface area (Å²) in [6, 6.07) is 11.4. The average Bonchev–Trinajstić information content (AvgIpc) is 2.48. The van der Waals surface area contributed by atoms with Crippen LogP contribution in [0.3, 0.4) is 0 Å². The summed E-state index contributed by atoms with van der Waals surface area (Å²) >= 11 is 2.23. The highest BCUT2D eigenvalue weighted by Crippen LogP contribution is 2.39. The van der Waals surface area contributed by atoms with Crippen molar-refractivity contribution in [1.82, 2.24) is 5.32 Å². The summed E-state index contributed by atoms with van der Waals surface area (Å²) in [5, 5.41) is 5.09. The highest BCUT2D eigenvalue weighted by molar-refractivity contribution is 8.00. The van der Waals surface area contributed by atoms with Crippen molar-refractivity contribution in [1.29, 1.82) is 0 Å². The van der Waals surface area contributed by atoms with Crippen LogP contribution in [0.15, 0.2) is 30.3 Å². The van der Waals surface area contributed by atoms with Gasteiger partial charge in [0, 0.05) is 16.5 Å². The first-order valence-electron chi connectivity index (χ1n) is 8.12. The van der Waals surface area contributed by atoms with E-state index in [1.807, 2.05) is 0 Å². The molecule has 0 amide bonds. The molecule has 1 aromatic carbocycles. The van der Waals surface area contributed by atoms with Gasteiger partial charge in [-0.15, -0.1) is 0 Å². The lowest BCUT2D eigenvalue weighted by Gasteiger charge is -2.33. The van der Waals surface area contributed by atoms with Crippen molar-refractivity contribution in [3.63, 3.8) is 0 Å². The molecule has 1 aromatic rings. The van der Waals surface area contributed by atoms with E-state index in [1.54, 1.807) is 0 Å². The van der Waals surface area contributed by atoms with E-state index in [2.05, 4.69) is 68.3 Å². The monoisotopic (exact) mass is 291 g/mol. The minimum Gasteiger partial charge on any atom is -0.312 e. The molecule has 1 aliphatic carbocycles. The van der Waals surface area contributed by atoms with E-state index >= 15 is 0 Å². The van der Waals surface area contributed by atoms with Crippen LogP contribution in [0, 0.1) is 5.92 Å². The fourth-order valence-electron chi connectivity index (χ4n) is 3.39. The molecule has 2 heteroatoms. The molecule has 1 N–H and O–H groups in total. The number of benzene rings is 1. The van der Waals surface area contributed by atoms with Crippen molar-refractivity contribution in [2.75, 3.05) is 7.05 Å². The van der Waals surface area contributed by atoms with Gasteiger partial charge < -0.3 is 5.32 Å². The molecule has 4 atom stereocenters. The van der Waals surface area contributed by atoms with Crippen LogP contribution in [0.2, 0.25) is 0 Å². The Kier molecular flexibility index (Phi) is 6.44. The zero-order valence-electron chi connectivity index (χ0n) is 13.1. The maximum absolute atomic E-state index is 3.55. The van der Waals surface area contributed by atoms with Gasteiger partial charge in [-0.25, -0.2) is 0 Å². The quantitative estimate of drug-likeness (QED) is 0.788. The van der Waals surface area contributed by atoms with Gasteiger partial charge in [-0.05, 0) is 37.8 Å². The van der Waals surface area contributed by atoms with E-state index in [0.717, 1.165) is 11.2 Å². The molecule has 0 aliphatic heterocycles. The third kappa shape index (κ3) is 4.26. The standard InChI is InChI=1S/C18H29NS/c1-4-17(20-16-12-8-9-14(2)13-16)18(19-3)15-10-6-5-7-11-15/h5-7,10-11,14,16-19H,4,8-9,12-13H2,1-3H3. The summed E-state index contributed by atoms with van der Waals surface area (Å²) in [5.41, 5.74) is 1.43. The van der Waals surface area contributed by atoms with Crippen LogP contribution >= 0.6 is 11.8 Å². The number of hydrogen-bond acceptors (Lipinski definition) is 2. The van der Waals surface area contributed by atoms with Gasteiger partial charge in [-0.1, -0.05) is 57.0 Å². The molecular weight excluding hydrogens is 262 g/mol. The Labute approximate surface area is 128 Å². The lowest BCUT2D eigenvalue weighted by Crippen LogP contribution is -2.29. The summed E-state index contributed by atoms with van der Waals surface area (Å²) in [6.45, 7) is 4.75. The van der Waals surface area contributed by atoms with Crippen molar-refractivity contribution in [3.05, 3.63) is 35.9 Å². The van der Waals surface area contributed by atoms with Gasteiger partial charge in [0.15, 0.2) is 0 Å². The molecule has 1 nitrogen and oxygen atoms in total. The molecule has 2 rings (SSSR count). The summed E-state index contributed by atoms with van der Waals surface area (Å²) < 4.78 is 0. The Morgan fingerprint density at radius 1 is 1.25 bits per heavy atom. The first-order valence-corrected chi connectivity index (χ1v) is 9.06. The maximum Gasteiger partial charge on any atom is 0.0438 e. The zero-order valence-corrected chi connectivity index (χ0v) is 14.0. The minimum atomic E-state index is 0.475. The number of hydrogen-bond donors (Lipinski definition) is 1. The second-order valence-electron chi connectivity index (χ2n) is 6.15. The molecule has 0 radical (unpaired) electrons. The molecule has 20 heavy (non-hydrogen) atoms. The Bertz CT molecular complexity index is 378. The van der Waals surface area contributed by atoms with Gasteiger partial charge in [0.05, 0.1) is 0 Å². The van der Waals surface area contributed by atoms with Gasteiger partial charge in [-0.2, -0.15) is 11.8 Å². The molecule has 0 bridgehead atoms. The van der Waals surface area contributed by atoms with Crippen LogP contribution < -0.4 is 5.32 Å². The Morgan fingerprint density at radius 3 is 2.60 bits per heavy atom. The molecular formula is C18H29NS. The van der Waals surface area contributed by atoms with Crippen molar-refractivity contribution in [3.8, 4) is 0 Å². The number of nitrogens with one attached hydrogen (secondary N) is 1. The van der Waals surface area contributed by atoms with Crippen molar-refractivity contribution >= 4 is 11.8 Å². The predicted molar refractivity (Wildman–Crippen MR) is 91.3 cm³/mol. The van der Waals surface area contributed by atoms with Gasteiger partial charge in [0.2, 0.25) is 0 Å². The van der Waals surface area contributed by atoms with E-state index in [9.17, 15) is 0 Å². The Balaban J connectivity index is 2.02.